The highest BCUT2D eigenvalue weighted by Gasteiger charge is 2.48. The Morgan fingerprint density at radius 3 is 2.44 bits per heavy atom. The molecule has 0 atom stereocenters. The van der Waals surface area contributed by atoms with E-state index in [1.165, 1.54) is 18.2 Å². The molecule has 5 rings (SSSR count). The van der Waals surface area contributed by atoms with Crippen LogP contribution in [0, 0.1) is 0 Å². The number of amides is 2. The lowest BCUT2D eigenvalue weighted by atomic mass is 9.92. The summed E-state index contributed by atoms with van der Waals surface area (Å²) in [4.78, 5) is 25.7. The van der Waals surface area contributed by atoms with Gasteiger partial charge in [0.2, 0.25) is 0 Å². The fourth-order valence-corrected chi connectivity index (χ4v) is 5.85. The van der Waals surface area contributed by atoms with Gasteiger partial charge in [0, 0.05) is 23.1 Å². The topological polar surface area (TPSA) is 101 Å². The predicted octanol–water partition coefficient (Wildman–Crippen LogP) is 3.79. The summed E-state index contributed by atoms with van der Waals surface area (Å²) in [6.07, 6.45) is 1.35. The number of hydrogen-bond acceptors (Lipinski definition) is 5. The molecule has 1 aromatic heterocycles. The minimum Gasteiger partial charge on any atom is -0.307 e. The Morgan fingerprint density at radius 1 is 1.09 bits per heavy atom. The average Bonchev–Trinajstić information content (AvgIpc) is 3.49. The molecule has 3 aromatic rings. The number of anilines is 1. The van der Waals surface area contributed by atoms with Crippen molar-refractivity contribution in [1.29, 1.82) is 0 Å². The van der Waals surface area contributed by atoms with Gasteiger partial charge in [0.15, 0.2) is 0 Å². The number of carbonyl (C=O) groups excluding carboxylic acids is 2. The molecule has 2 aromatic carbocycles. The van der Waals surface area contributed by atoms with Crippen LogP contribution in [0.2, 0.25) is 0 Å². The number of nitrogens with one attached hydrogen (secondary N) is 1. The van der Waals surface area contributed by atoms with Gasteiger partial charge in [0.25, 0.3) is 21.8 Å². The van der Waals surface area contributed by atoms with Crippen molar-refractivity contribution in [2.45, 2.75) is 56.5 Å². The van der Waals surface area contributed by atoms with E-state index >= 15 is 0 Å². The Hall–Kier alpha value is -3.46. The molecule has 0 spiro atoms. The highest BCUT2D eigenvalue weighted by Crippen LogP contribution is 2.39. The Kier molecular flexibility index (Phi) is 5.12. The first-order chi connectivity index (χ1) is 16.1. The zero-order chi connectivity index (χ0) is 24.3. The molecule has 1 saturated carbocycles. The lowest BCUT2D eigenvalue weighted by Gasteiger charge is -2.14. The van der Waals surface area contributed by atoms with Crippen molar-refractivity contribution >= 4 is 27.7 Å². The second-order valence-electron chi connectivity index (χ2n) is 9.81. The highest BCUT2D eigenvalue weighted by molar-refractivity contribution is 7.90. The van der Waals surface area contributed by atoms with Crippen molar-refractivity contribution in [2.24, 2.45) is 0 Å². The summed E-state index contributed by atoms with van der Waals surface area (Å²) >= 11 is 0. The Bertz CT molecular complexity index is 1400. The van der Waals surface area contributed by atoms with E-state index in [1.54, 1.807) is 4.68 Å². The number of sulfonamides is 1. The van der Waals surface area contributed by atoms with Crippen LogP contribution < -0.4 is 5.32 Å². The van der Waals surface area contributed by atoms with Gasteiger partial charge in [0.1, 0.15) is 10.7 Å². The van der Waals surface area contributed by atoms with Gasteiger partial charge in [-0.15, -0.1) is 0 Å². The van der Waals surface area contributed by atoms with E-state index in [9.17, 15) is 18.0 Å². The molecule has 1 aliphatic heterocycles. The maximum atomic E-state index is 13.2. The van der Waals surface area contributed by atoms with Crippen molar-refractivity contribution in [3.05, 3.63) is 77.0 Å². The van der Waals surface area contributed by atoms with E-state index in [-0.39, 0.29) is 27.5 Å². The summed E-state index contributed by atoms with van der Waals surface area (Å²) in [5, 5.41) is 7.59. The van der Waals surface area contributed by atoms with Crippen LogP contribution in [0.1, 0.15) is 65.6 Å². The number of nitrogens with zero attached hydrogens (tertiary/aromatic N) is 3. The quantitative estimate of drug-likeness (QED) is 0.601. The molecule has 176 valence electrons. The molecular weight excluding hydrogens is 452 g/mol. The largest absolute Gasteiger partial charge is 0.307 e. The monoisotopic (exact) mass is 478 g/mol. The van der Waals surface area contributed by atoms with Crippen LogP contribution in [0.15, 0.2) is 59.5 Å². The summed E-state index contributed by atoms with van der Waals surface area (Å²) in [6, 6.07) is 15.6. The summed E-state index contributed by atoms with van der Waals surface area (Å²) in [5.41, 5.74) is 1.91. The minimum atomic E-state index is -3.94. The first-order valence-corrected chi connectivity index (χ1v) is 12.7. The van der Waals surface area contributed by atoms with Crippen LogP contribution >= 0.6 is 0 Å². The van der Waals surface area contributed by atoms with E-state index in [2.05, 4.69) is 5.32 Å². The number of benzene rings is 2. The van der Waals surface area contributed by atoms with Gasteiger partial charge < -0.3 is 5.32 Å². The van der Waals surface area contributed by atoms with Gasteiger partial charge in [-0.25, -0.2) is 17.4 Å². The second kappa shape index (κ2) is 7.80. The molecule has 0 unspecified atom stereocenters. The maximum absolute atomic E-state index is 13.2. The number of aromatic nitrogens is 2. The van der Waals surface area contributed by atoms with Gasteiger partial charge in [-0.3, -0.25) is 9.59 Å². The van der Waals surface area contributed by atoms with Crippen molar-refractivity contribution in [1.82, 2.24) is 14.1 Å². The average molecular weight is 479 g/mol. The van der Waals surface area contributed by atoms with Gasteiger partial charge >= 0.3 is 0 Å². The number of carbonyl (C=O) groups is 2. The SMILES string of the molecule is CC(C)(C)c1cc(NC(=O)c2ccc3c(c2)S(=O)(=O)N(C2CC2)C3=O)n(Cc2ccccc2)n1. The molecule has 0 saturated heterocycles. The predicted molar refractivity (Wildman–Crippen MR) is 127 cm³/mol. The number of fused-ring (bicyclic) bond motifs is 1. The summed E-state index contributed by atoms with van der Waals surface area (Å²) < 4.78 is 28.6. The molecule has 2 amide bonds. The molecule has 0 bridgehead atoms. The van der Waals surface area contributed by atoms with Crippen molar-refractivity contribution in [3.8, 4) is 0 Å². The van der Waals surface area contributed by atoms with Crippen molar-refractivity contribution in [3.63, 3.8) is 0 Å². The van der Waals surface area contributed by atoms with Crippen molar-refractivity contribution in [2.75, 3.05) is 5.32 Å². The van der Waals surface area contributed by atoms with Crippen LogP contribution in [0.4, 0.5) is 5.82 Å². The zero-order valence-electron chi connectivity index (χ0n) is 19.3. The van der Waals surface area contributed by atoms with E-state index in [0.717, 1.165) is 15.6 Å². The van der Waals surface area contributed by atoms with Crippen LogP contribution in [0.5, 0.6) is 0 Å². The molecule has 8 nitrogen and oxygen atoms in total. The van der Waals surface area contributed by atoms with E-state index < -0.39 is 21.8 Å². The molecule has 1 aliphatic carbocycles. The van der Waals surface area contributed by atoms with Gasteiger partial charge in [0.05, 0.1) is 17.8 Å². The summed E-state index contributed by atoms with van der Waals surface area (Å²) in [7, 11) is -3.94. The molecule has 9 heteroatoms. The first kappa shape index (κ1) is 22.3. The molecular formula is C25H26N4O4S. The molecule has 34 heavy (non-hydrogen) atoms. The van der Waals surface area contributed by atoms with Crippen molar-refractivity contribution < 1.29 is 18.0 Å². The first-order valence-electron chi connectivity index (χ1n) is 11.2. The lowest BCUT2D eigenvalue weighted by Crippen LogP contribution is -2.31. The van der Waals surface area contributed by atoms with Gasteiger partial charge in [-0.1, -0.05) is 51.1 Å². The molecule has 1 fully saturated rings. The number of rotatable bonds is 5. The highest BCUT2D eigenvalue weighted by atomic mass is 32.2. The Balaban J connectivity index is 1.46. The second-order valence-corrected chi connectivity index (χ2v) is 11.6. The fraction of sp³-hybridized carbons (Fsp3) is 0.320. The Labute approximate surface area is 198 Å². The van der Waals surface area contributed by atoms with Crippen LogP contribution in [-0.4, -0.2) is 40.4 Å². The standard InChI is InChI=1S/C25H26N4O4S/c1-25(2,3)21-14-22(28(27-21)15-16-7-5-4-6-8-16)26-23(30)17-9-12-19-20(13-17)34(32,33)29(24(19)31)18-10-11-18/h4-9,12-14,18H,10-11,15H2,1-3H3,(H,26,30). The molecule has 1 N–H and O–H groups in total. The summed E-state index contributed by atoms with van der Waals surface area (Å²) in [5.74, 6) is -0.469. The van der Waals surface area contributed by atoms with Crippen LogP contribution in [-0.2, 0) is 22.0 Å². The summed E-state index contributed by atoms with van der Waals surface area (Å²) in [6.45, 7) is 6.60. The number of hydrogen-bond donors (Lipinski definition) is 1. The smallest absolute Gasteiger partial charge is 0.269 e. The molecule has 0 radical (unpaired) electrons. The molecule has 2 aliphatic rings. The normalized spacial score (nSPS) is 17.0. The van der Waals surface area contributed by atoms with E-state index in [4.69, 9.17) is 5.10 Å². The third kappa shape index (κ3) is 3.90. The third-order valence-corrected chi connectivity index (χ3v) is 7.93. The molecule has 2 heterocycles. The zero-order valence-corrected chi connectivity index (χ0v) is 20.1. The van der Waals surface area contributed by atoms with E-state index in [0.29, 0.717) is 25.2 Å². The van der Waals surface area contributed by atoms with Crippen LogP contribution in [0.25, 0.3) is 0 Å². The minimum absolute atomic E-state index is 0.106. The Morgan fingerprint density at radius 2 is 1.79 bits per heavy atom. The van der Waals surface area contributed by atoms with Crippen LogP contribution in [0.3, 0.4) is 0 Å². The van der Waals surface area contributed by atoms with Gasteiger partial charge in [-0.05, 0) is 36.6 Å². The maximum Gasteiger partial charge on any atom is 0.269 e. The van der Waals surface area contributed by atoms with E-state index in [1.807, 2.05) is 57.2 Å². The third-order valence-electron chi connectivity index (χ3n) is 6.05. The fourth-order valence-electron chi connectivity index (χ4n) is 4.01. The lowest BCUT2D eigenvalue weighted by molar-refractivity contribution is 0.0864. The van der Waals surface area contributed by atoms with Gasteiger partial charge in [-0.2, -0.15) is 5.10 Å².